The third kappa shape index (κ3) is 2.80. The van der Waals surface area contributed by atoms with Gasteiger partial charge in [0.2, 0.25) is 0 Å². The SMILES string of the molecule is CC1=C(C=CC(C)C)C(C)(C)CCC1=O. The number of hydrogen-bond acceptors (Lipinski definition) is 1. The Hall–Kier alpha value is -0.850. The molecule has 0 saturated heterocycles. The van der Waals surface area contributed by atoms with E-state index in [1.807, 2.05) is 6.92 Å². The van der Waals surface area contributed by atoms with Crippen LogP contribution in [0.15, 0.2) is 23.3 Å². The number of rotatable bonds is 2. The van der Waals surface area contributed by atoms with Gasteiger partial charge in [0.1, 0.15) is 0 Å². The number of hydrogen-bond donors (Lipinski definition) is 0. The van der Waals surface area contributed by atoms with Crippen molar-refractivity contribution in [1.29, 1.82) is 0 Å². The first-order valence-corrected chi connectivity index (χ1v) is 5.77. The molecule has 0 aromatic rings. The Balaban J connectivity index is 3.07. The van der Waals surface area contributed by atoms with Crippen molar-refractivity contribution >= 4 is 5.78 Å². The minimum Gasteiger partial charge on any atom is -0.295 e. The standard InChI is InChI=1S/C14H22O/c1-10(2)6-7-12-11(3)13(15)8-9-14(12,4)5/h6-7,10H,8-9H2,1-5H3. The molecule has 0 aromatic heterocycles. The van der Waals surface area contributed by atoms with E-state index in [-0.39, 0.29) is 5.41 Å². The number of Topliss-reactive ketones (excluding diaryl/α,β-unsaturated/α-hetero) is 1. The van der Waals surface area contributed by atoms with Crippen molar-refractivity contribution in [3.63, 3.8) is 0 Å². The summed E-state index contributed by atoms with van der Waals surface area (Å²) in [5, 5.41) is 0. The van der Waals surface area contributed by atoms with Crippen LogP contribution >= 0.6 is 0 Å². The van der Waals surface area contributed by atoms with E-state index in [0.717, 1.165) is 12.0 Å². The molecule has 0 fully saturated rings. The van der Waals surface area contributed by atoms with Crippen LogP contribution in [-0.4, -0.2) is 5.78 Å². The van der Waals surface area contributed by atoms with Crippen molar-refractivity contribution in [1.82, 2.24) is 0 Å². The Morgan fingerprint density at radius 3 is 2.47 bits per heavy atom. The molecule has 0 spiro atoms. The molecule has 1 heteroatoms. The highest BCUT2D eigenvalue weighted by Gasteiger charge is 2.30. The molecule has 0 aliphatic heterocycles. The van der Waals surface area contributed by atoms with Gasteiger partial charge in [0.25, 0.3) is 0 Å². The fourth-order valence-corrected chi connectivity index (χ4v) is 2.05. The Morgan fingerprint density at radius 2 is 1.93 bits per heavy atom. The van der Waals surface area contributed by atoms with Gasteiger partial charge < -0.3 is 0 Å². The normalized spacial score (nSPS) is 21.9. The van der Waals surface area contributed by atoms with E-state index < -0.39 is 0 Å². The Labute approximate surface area is 93.3 Å². The summed E-state index contributed by atoms with van der Waals surface area (Å²) >= 11 is 0. The minimum atomic E-state index is 0.156. The van der Waals surface area contributed by atoms with Crippen molar-refractivity contribution in [2.45, 2.75) is 47.5 Å². The summed E-state index contributed by atoms with van der Waals surface area (Å²) in [5.74, 6) is 0.857. The molecule has 0 unspecified atom stereocenters. The van der Waals surface area contributed by atoms with Crippen molar-refractivity contribution in [3.05, 3.63) is 23.3 Å². The first-order chi connectivity index (χ1) is 6.84. The van der Waals surface area contributed by atoms with Crippen LogP contribution in [0.5, 0.6) is 0 Å². The van der Waals surface area contributed by atoms with Crippen molar-refractivity contribution in [2.75, 3.05) is 0 Å². The zero-order valence-corrected chi connectivity index (χ0v) is 10.6. The first-order valence-electron chi connectivity index (χ1n) is 5.77. The third-order valence-corrected chi connectivity index (χ3v) is 3.18. The maximum atomic E-state index is 11.6. The molecular weight excluding hydrogens is 184 g/mol. The van der Waals surface area contributed by atoms with Gasteiger partial charge in [0.15, 0.2) is 5.78 Å². The largest absolute Gasteiger partial charge is 0.295 e. The second-order valence-corrected chi connectivity index (χ2v) is 5.45. The fourth-order valence-electron chi connectivity index (χ4n) is 2.05. The highest BCUT2D eigenvalue weighted by atomic mass is 16.1. The quantitative estimate of drug-likeness (QED) is 0.669. The second-order valence-electron chi connectivity index (χ2n) is 5.45. The molecule has 0 heterocycles. The van der Waals surface area contributed by atoms with E-state index in [1.165, 1.54) is 5.57 Å². The fraction of sp³-hybridized carbons (Fsp3) is 0.643. The average Bonchev–Trinajstić information content (AvgIpc) is 2.11. The van der Waals surface area contributed by atoms with Crippen molar-refractivity contribution < 1.29 is 4.79 Å². The van der Waals surface area contributed by atoms with E-state index in [2.05, 4.69) is 39.8 Å². The number of carbonyl (C=O) groups is 1. The van der Waals surface area contributed by atoms with Gasteiger partial charge in [-0.2, -0.15) is 0 Å². The van der Waals surface area contributed by atoms with Gasteiger partial charge >= 0.3 is 0 Å². The summed E-state index contributed by atoms with van der Waals surface area (Å²) in [6, 6.07) is 0. The smallest absolute Gasteiger partial charge is 0.158 e. The second kappa shape index (κ2) is 4.34. The number of allylic oxidation sites excluding steroid dienone is 4. The molecule has 84 valence electrons. The van der Waals surface area contributed by atoms with E-state index in [4.69, 9.17) is 0 Å². The lowest BCUT2D eigenvalue weighted by Gasteiger charge is -2.32. The van der Waals surface area contributed by atoms with Gasteiger partial charge in [-0.15, -0.1) is 0 Å². The summed E-state index contributed by atoms with van der Waals surface area (Å²) in [6.45, 7) is 10.7. The van der Waals surface area contributed by atoms with E-state index in [9.17, 15) is 4.79 Å². The molecule has 0 N–H and O–H groups in total. The van der Waals surface area contributed by atoms with Gasteiger partial charge in [-0.05, 0) is 35.8 Å². The zero-order chi connectivity index (χ0) is 11.6. The zero-order valence-electron chi connectivity index (χ0n) is 10.6. The van der Waals surface area contributed by atoms with E-state index >= 15 is 0 Å². The summed E-state index contributed by atoms with van der Waals surface area (Å²) < 4.78 is 0. The minimum absolute atomic E-state index is 0.156. The lowest BCUT2D eigenvalue weighted by Crippen LogP contribution is -2.24. The van der Waals surface area contributed by atoms with Crippen LogP contribution in [0.1, 0.15) is 47.5 Å². The molecule has 1 aliphatic carbocycles. The van der Waals surface area contributed by atoms with Gasteiger partial charge in [-0.25, -0.2) is 0 Å². The molecule has 0 radical (unpaired) electrons. The average molecular weight is 206 g/mol. The van der Waals surface area contributed by atoms with Crippen LogP contribution in [0.2, 0.25) is 0 Å². The molecule has 1 nitrogen and oxygen atoms in total. The maximum absolute atomic E-state index is 11.6. The Morgan fingerprint density at radius 1 is 1.33 bits per heavy atom. The van der Waals surface area contributed by atoms with Crippen molar-refractivity contribution in [2.24, 2.45) is 11.3 Å². The Kier molecular flexibility index (Phi) is 3.54. The molecular formula is C14H22O. The molecule has 15 heavy (non-hydrogen) atoms. The van der Waals surface area contributed by atoms with Gasteiger partial charge in [0, 0.05) is 6.42 Å². The van der Waals surface area contributed by atoms with Crippen LogP contribution in [0.3, 0.4) is 0 Å². The molecule has 1 aliphatic rings. The van der Waals surface area contributed by atoms with Crippen LogP contribution in [0.4, 0.5) is 0 Å². The van der Waals surface area contributed by atoms with Crippen molar-refractivity contribution in [3.8, 4) is 0 Å². The predicted octanol–water partition coefficient (Wildman–Crippen LogP) is 3.90. The molecule has 0 atom stereocenters. The van der Waals surface area contributed by atoms with Crippen LogP contribution in [0.25, 0.3) is 0 Å². The summed E-state index contributed by atoms with van der Waals surface area (Å²) in [5.41, 5.74) is 2.35. The molecule has 0 saturated carbocycles. The summed E-state index contributed by atoms with van der Waals surface area (Å²) in [4.78, 5) is 11.6. The number of ketones is 1. The molecule has 0 bridgehead atoms. The van der Waals surface area contributed by atoms with Crippen LogP contribution in [0, 0.1) is 11.3 Å². The van der Waals surface area contributed by atoms with E-state index in [0.29, 0.717) is 18.1 Å². The highest BCUT2D eigenvalue weighted by molar-refractivity contribution is 5.97. The highest BCUT2D eigenvalue weighted by Crippen LogP contribution is 2.39. The first kappa shape index (κ1) is 12.2. The molecule has 0 aromatic carbocycles. The number of carbonyl (C=O) groups excluding carboxylic acids is 1. The topological polar surface area (TPSA) is 17.1 Å². The Bertz CT molecular complexity index is 316. The lowest BCUT2D eigenvalue weighted by molar-refractivity contribution is -0.116. The third-order valence-electron chi connectivity index (χ3n) is 3.18. The lowest BCUT2D eigenvalue weighted by atomic mass is 9.72. The summed E-state index contributed by atoms with van der Waals surface area (Å²) in [7, 11) is 0. The predicted molar refractivity (Wildman–Crippen MR) is 64.7 cm³/mol. The van der Waals surface area contributed by atoms with Crippen LogP contribution < -0.4 is 0 Å². The summed E-state index contributed by atoms with van der Waals surface area (Å²) in [6.07, 6.45) is 6.01. The van der Waals surface area contributed by atoms with Gasteiger partial charge in [-0.1, -0.05) is 39.8 Å². The monoisotopic (exact) mass is 206 g/mol. The maximum Gasteiger partial charge on any atom is 0.158 e. The molecule has 1 rings (SSSR count). The van der Waals surface area contributed by atoms with Gasteiger partial charge in [-0.3, -0.25) is 4.79 Å². The molecule has 0 amide bonds. The van der Waals surface area contributed by atoms with Gasteiger partial charge in [0.05, 0.1) is 0 Å². The van der Waals surface area contributed by atoms with Crippen LogP contribution in [-0.2, 0) is 4.79 Å². The van der Waals surface area contributed by atoms with E-state index in [1.54, 1.807) is 0 Å².